The topological polar surface area (TPSA) is 44.0 Å². The molecule has 74 valence electrons. The van der Waals surface area contributed by atoms with Gasteiger partial charge in [-0.2, -0.15) is 5.26 Å². The second kappa shape index (κ2) is 4.21. The summed E-state index contributed by atoms with van der Waals surface area (Å²) in [5.41, 5.74) is -1.16. The van der Waals surface area contributed by atoms with Crippen molar-refractivity contribution in [2.45, 2.75) is 25.4 Å². The maximum atomic E-state index is 13.3. The number of halogens is 1. The summed E-state index contributed by atoms with van der Waals surface area (Å²) in [4.78, 5) is 0. The van der Waals surface area contributed by atoms with Crippen LogP contribution in [-0.4, -0.2) is 5.11 Å². The Labute approximate surface area is 82.6 Å². The van der Waals surface area contributed by atoms with Crippen LogP contribution in [-0.2, 0) is 5.60 Å². The molecule has 1 aromatic carbocycles. The minimum atomic E-state index is -1.36. The molecule has 3 heteroatoms. The van der Waals surface area contributed by atoms with E-state index in [-0.39, 0.29) is 12.0 Å². The molecule has 0 saturated heterocycles. The van der Waals surface area contributed by atoms with Crippen molar-refractivity contribution in [3.8, 4) is 6.07 Å². The van der Waals surface area contributed by atoms with Gasteiger partial charge in [-0.3, -0.25) is 0 Å². The predicted octanol–water partition coefficient (Wildman–Crippen LogP) is 2.34. The molecule has 0 aliphatic rings. The second-order valence-electron chi connectivity index (χ2n) is 3.20. The lowest BCUT2D eigenvalue weighted by molar-refractivity contribution is 0.0337. The molecule has 0 bridgehead atoms. The third kappa shape index (κ3) is 1.91. The summed E-state index contributed by atoms with van der Waals surface area (Å²) in [5.74, 6) is -0.466. The molecule has 0 aromatic heterocycles. The van der Waals surface area contributed by atoms with Crippen LogP contribution >= 0.6 is 0 Å². The highest BCUT2D eigenvalue weighted by Gasteiger charge is 2.29. The average molecular weight is 193 g/mol. The van der Waals surface area contributed by atoms with Crippen LogP contribution in [0.25, 0.3) is 0 Å². The first-order valence-corrected chi connectivity index (χ1v) is 4.48. The van der Waals surface area contributed by atoms with Crippen LogP contribution in [0.15, 0.2) is 24.3 Å². The highest BCUT2D eigenvalue weighted by Crippen LogP contribution is 2.29. The van der Waals surface area contributed by atoms with Gasteiger partial charge in [0.1, 0.15) is 11.4 Å². The first-order valence-electron chi connectivity index (χ1n) is 4.48. The van der Waals surface area contributed by atoms with Gasteiger partial charge in [-0.25, -0.2) is 4.39 Å². The molecule has 0 aliphatic heterocycles. The summed E-state index contributed by atoms with van der Waals surface area (Å²) < 4.78 is 13.3. The van der Waals surface area contributed by atoms with Crippen molar-refractivity contribution in [3.05, 3.63) is 35.6 Å². The van der Waals surface area contributed by atoms with E-state index in [1.165, 1.54) is 12.1 Å². The van der Waals surface area contributed by atoms with Crippen molar-refractivity contribution in [3.63, 3.8) is 0 Å². The van der Waals surface area contributed by atoms with Crippen molar-refractivity contribution in [1.29, 1.82) is 5.26 Å². The summed E-state index contributed by atoms with van der Waals surface area (Å²) >= 11 is 0. The molecule has 0 amide bonds. The number of hydrogen-bond donors (Lipinski definition) is 1. The number of nitrogens with zero attached hydrogens (tertiary/aromatic N) is 1. The minimum Gasteiger partial charge on any atom is -0.384 e. The summed E-state index contributed by atoms with van der Waals surface area (Å²) in [6.07, 6.45) is 0.228. The third-order valence-corrected chi connectivity index (χ3v) is 2.33. The van der Waals surface area contributed by atoms with Gasteiger partial charge in [0.05, 0.1) is 12.5 Å². The Bertz CT molecular complexity index is 359. The molecule has 1 N–H and O–H groups in total. The van der Waals surface area contributed by atoms with E-state index in [4.69, 9.17) is 5.26 Å². The molecule has 2 nitrogen and oxygen atoms in total. The van der Waals surface area contributed by atoms with E-state index in [1.807, 2.05) is 6.07 Å². The summed E-state index contributed by atoms with van der Waals surface area (Å²) in [5, 5.41) is 18.6. The summed E-state index contributed by atoms with van der Waals surface area (Å²) in [7, 11) is 0. The minimum absolute atomic E-state index is 0.0928. The largest absolute Gasteiger partial charge is 0.384 e. The van der Waals surface area contributed by atoms with E-state index < -0.39 is 11.4 Å². The fraction of sp³-hybridized carbons (Fsp3) is 0.364. The van der Waals surface area contributed by atoms with Gasteiger partial charge >= 0.3 is 0 Å². The first-order chi connectivity index (χ1) is 6.64. The van der Waals surface area contributed by atoms with Crippen LogP contribution < -0.4 is 0 Å². The van der Waals surface area contributed by atoms with Crippen molar-refractivity contribution < 1.29 is 9.50 Å². The number of aliphatic hydroxyl groups is 1. The predicted molar refractivity (Wildman–Crippen MR) is 50.8 cm³/mol. The van der Waals surface area contributed by atoms with E-state index in [0.717, 1.165) is 0 Å². The maximum absolute atomic E-state index is 13.3. The smallest absolute Gasteiger partial charge is 0.129 e. The lowest BCUT2D eigenvalue weighted by Gasteiger charge is -2.24. The number of hydrogen-bond acceptors (Lipinski definition) is 2. The molecule has 0 fully saturated rings. The van der Waals surface area contributed by atoms with Crippen LogP contribution in [0.1, 0.15) is 25.3 Å². The maximum Gasteiger partial charge on any atom is 0.129 e. The Morgan fingerprint density at radius 3 is 2.64 bits per heavy atom. The monoisotopic (exact) mass is 193 g/mol. The van der Waals surface area contributed by atoms with E-state index in [1.54, 1.807) is 19.1 Å². The number of nitriles is 1. The molecule has 1 atom stereocenters. The lowest BCUT2D eigenvalue weighted by atomic mass is 9.88. The van der Waals surface area contributed by atoms with Crippen molar-refractivity contribution in [2.24, 2.45) is 0 Å². The molecule has 0 saturated carbocycles. The highest BCUT2D eigenvalue weighted by atomic mass is 19.1. The third-order valence-electron chi connectivity index (χ3n) is 2.33. The summed E-state index contributed by atoms with van der Waals surface area (Å²) in [6.45, 7) is 1.73. The molecule has 0 aliphatic carbocycles. The van der Waals surface area contributed by atoms with Crippen molar-refractivity contribution in [1.82, 2.24) is 0 Å². The molecule has 14 heavy (non-hydrogen) atoms. The second-order valence-corrected chi connectivity index (χ2v) is 3.20. The van der Waals surface area contributed by atoms with Crippen molar-refractivity contribution in [2.75, 3.05) is 0 Å². The fourth-order valence-corrected chi connectivity index (χ4v) is 1.38. The van der Waals surface area contributed by atoms with Gasteiger partial charge in [-0.15, -0.1) is 0 Å². The van der Waals surface area contributed by atoms with Crippen LogP contribution in [0.2, 0.25) is 0 Å². The summed E-state index contributed by atoms with van der Waals surface area (Å²) in [6, 6.07) is 7.87. The highest BCUT2D eigenvalue weighted by molar-refractivity contribution is 5.25. The Balaban J connectivity index is 3.13. The van der Waals surface area contributed by atoms with E-state index in [2.05, 4.69) is 0 Å². The molecular formula is C11H12FNO. The zero-order valence-corrected chi connectivity index (χ0v) is 8.00. The molecule has 0 spiro atoms. The molecule has 1 rings (SSSR count). The fourth-order valence-electron chi connectivity index (χ4n) is 1.38. The van der Waals surface area contributed by atoms with Gasteiger partial charge in [0.15, 0.2) is 0 Å². The van der Waals surface area contributed by atoms with Crippen LogP contribution in [0.3, 0.4) is 0 Å². The molecule has 0 heterocycles. The van der Waals surface area contributed by atoms with E-state index in [0.29, 0.717) is 6.42 Å². The standard InChI is InChI=1S/C11H12FNO/c1-2-11(14,7-8-13)9-5-3-4-6-10(9)12/h3-6,14H,2,7H2,1H3. The van der Waals surface area contributed by atoms with Gasteiger partial charge in [0, 0.05) is 5.56 Å². The molecular weight excluding hydrogens is 181 g/mol. The van der Waals surface area contributed by atoms with E-state index in [9.17, 15) is 9.50 Å². The van der Waals surface area contributed by atoms with Gasteiger partial charge in [0.2, 0.25) is 0 Å². The quantitative estimate of drug-likeness (QED) is 0.800. The van der Waals surface area contributed by atoms with E-state index >= 15 is 0 Å². The van der Waals surface area contributed by atoms with Crippen molar-refractivity contribution >= 4 is 0 Å². The molecule has 1 unspecified atom stereocenters. The zero-order chi connectivity index (χ0) is 10.6. The Morgan fingerprint density at radius 2 is 2.14 bits per heavy atom. The first kappa shape index (κ1) is 10.7. The normalized spacial score (nSPS) is 14.4. The van der Waals surface area contributed by atoms with Gasteiger partial charge in [0.25, 0.3) is 0 Å². The van der Waals surface area contributed by atoms with Crippen LogP contribution in [0.4, 0.5) is 4.39 Å². The number of benzene rings is 1. The Morgan fingerprint density at radius 1 is 1.50 bits per heavy atom. The molecule has 0 radical (unpaired) electrons. The Kier molecular flexibility index (Phi) is 3.21. The average Bonchev–Trinajstić information content (AvgIpc) is 2.18. The van der Waals surface area contributed by atoms with Gasteiger partial charge < -0.3 is 5.11 Å². The SMILES string of the molecule is CCC(O)(CC#N)c1ccccc1F. The number of rotatable bonds is 3. The van der Waals surface area contributed by atoms with Crippen LogP contribution in [0, 0.1) is 17.1 Å². The lowest BCUT2D eigenvalue weighted by Crippen LogP contribution is -2.25. The molecule has 1 aromatic rings. The van der Waals surface area contributed by atoms with Gasteiger partial charge in [-0.1, -0.05) is 25.1 Å². The zero-order valence-electron chi connectivity index (χ0n) is 8.00. The van der Waals surface area contributed by atoms with Gasteiger partial charge in [-0.05, 0) is 12.5 Å². The van der Waals surface area contributed by atoms with Crippen LogP contribution in [0.5, 0.6) is 0 Å². The Hall–Kier alpha value is -1.40.